The molecule has 0 rings (SSSR count). The molecule has 1 heteroatoms. The minimum absolute atomic E-state index is 0.529. The molecule has 0 aromatic rings. The van der Waals surface area contributed by atoms with Crippen LogP contribution in [0.2, 0.25) is 0 Å². The van der Waals surface area contributed by atoms with E-state index in [4.69, 9.17) is 5.41 Å². The topological polar surface area (TPSA) is 23.9 Å². The highest BCUT2D eigenvalue weighted by atomic mass is 14.4. The molecule has 58 valence electrons. The maximum Gasteiger partial charge on any atom is 0.0295 e. The second kappa shape index (κ2) is 5.49. The summed E-state index contributed by atoms with van der Waals surface area (Å²) in [5.74, 6) is 5.69. The van der Waals surface area contributed by atoms with Crippen molar-refractivity contribution in [2.45, 2.75) is 20.8 Å². The summed E-state index contributed by atoms with van der Waals surface area (Å²) in [6, 6.07) is 0. The van der Waals surface area contributed by atoms with E-state index in [-0.39, 0.29) is 0 Å². The largest absolute Gasteiger partial charge is 0.306 e. The van der Waals surface area contributed by atoms with Gasteiger partial charge in [-0.2, -0.15) is 0 Å². The second-order valence-electron chi connectivity index (χ2n) is 2.16. The third kappa shape index (κ3) is 5.17. The lowest BCUT2D eigenvalue weighted by Crippen LogP contribution is -1.82. The van der Waals surface area contributed by atoms with Crippen LogP contribution >= 0.6 is 0 Å². The van der Waals surface area contributed by atoms with Crippen molar-refractivity contribution in [2.75, 3.05) is 0 Å². The molecular weight excluding hydrogens is 134 g/mol. The van der Waals surface area contributed by atoms with Crippen LogP contribution in [0.15, 0.2) is 23.8 Å². The van der Waals surface area contributed by atoms with Gasteiger partial charge in [-0.3, -0.25) is 0 Å². The summed E-state index contributed by atoms with van der Waals surface area (Å²) >= 11 is 0. The summed E-state index contributed by atoms with van der Waals surface area (Å²) in [5.41, 5.74) is 1.42. The van der Waals surface area contributed by atoms with Crippen molar-refractivity contribution in [1.82, 2.24) is 0 Å². The summed E-state index contributed by atoms with van der Waals surface area (Å²) in [4.78, 5) is 0. The molecule has 0 atom stereocenters. The van der Waals surface area contributed by atoms with Crippen molar-refractivity contribution in [3.05, 3.63) is 23.8 Å². The van der Waals surface area contributed by atoms with Crippen LogP contribution in [0.5, 0.6) is 0 Å². The number of hydrogen-bond donors (Lipinski definition) is 1. The van der Waals surface area contributed by atoms with Crippen molar-refractivity contribution in [3.63, 3.8) is 0 Å². The van der Waals surface area contributed by atoms with E-state index in [9.17, 15) is 0 Å². The molecule has 0 fully saturated rings. The standard InChI is InChI=1S/C10H13N/c1-4-6-10(7-5-2)8-9(3)11/h4,6,8,11H,1-3H3/b6-4-,10-8+,11-9?. The van der Waals surface area contributed by atoms with Gasteiger partial charge in [-0.25, -0.2) is 0 Å². The maximum absolute atomic E-state index is 7.20. The molecule has 0 heterocycles. The minimum atomic E-state index is 0.529. The fourth-order valence-electron chi connectivity index (χ4n) is 0.683. The lowest BCUT2D eigenvalue weighted by molar-refractivity contribution is 1.49. The van der Waals surface area contributed by atoms with Gasteiger partial charge in [0.1, 0.15) is 0 Å². The Bertz CT molecular complexity index is 246. The van der Waals surface area contributed by atoms with Crippen LogP contribution in [-0.2, 0) is 0 Å². The van der Waals surface area contributed by atoms with Crippen LogP contribution in [0.1, 0.15) is 20.8 Å². The number of rotatable bonds is 2. The summed E-state index contributed by atoms with van der Waals surface area (Å²) in [6.07, 6.45) is 5.56. The van der Waals surface area contributed by atoms with Gasteiger partial charge in [-0.1, -0.05) is 18.1 Å². The lowest BCUT2D eigenvalue weighted by Gasteiger charge is -1.88. The Morgan fingerprint density at radius 2 is 2.09 bits per heavy atom. The molecule has 0 aliphatic carbocycles. The molecule has 11 heavy (non-hydrogen) atoms. The number of hydrogen-bond acceptors (Lipinski definition) is 1. The Morgan fingerprint density at radius 3 is 2.45 bits per heavy atom. The van der Waals surface area contributed by atoms with E-state index in [0.29, 0.717) is 5.71 Å². The van der Waals surface area contributed by atoms with Gasteiger partial charge in [0.2, 0.25) is 0 Å². The zero-order chi connectivity index (χ0) is 8.69. The average Bonchev–Trinajstić information content (AvgIpc) is 1.87. The molecule has 0 unspecified atom stereocenters. The predicted molar refractivity (Wildman–Crippen MR) is 49.7 cm³/mol. The molecule has 1 N–H and O–H groups in total. The third-order valence-corrected chi connectivity index (χ3v) is 0.988. The van der Waals surface area contributed by atoms with E-state index in [1.807, 2.05) is 19.1 Å². The van der Waals surface area contributed by atoms with E-state index in [1.165, 1.54) is 0 Å². The fourth-order valence-corrected chi connectivity index (χ4v) is 0.683. The Balaban J connectivity index is 4.54. The van der Waals surface area contributed by atoms with Gasteiger partial charge >= 0.3 is 0 Å². The van der Waals surface area contributed by atoms with Crippen LogP contribution < -0.4 is 0 Å². The normalized spacial score (nSPS) is 11.0. The Kier molecular flexibility index (Phi) is 4.85. The van der Waals surface area contributed by atoms with Crippen LogP contribution in [-0.4, -0.2) is 5.71 Å². The van der Waals surface area contributed by atoms with Gasteiger partial charge in [0, 0.05) is 11.3 Å². The van der Waals surface area contributed by atoms with Crippen molar-refractivity contribution >= 4 is 5.71 Å². The fraction of sp³-hybridized carbons (Fsp3) is 0.300. The summed E-state index contributed by atoms with van der Waals surface area (Å²) in [6.45, 7) is 5.46. The average molecular weight is 147 g/mol. The smallest absolute Gasteiger partial charge is 0.0295 e. The molecular formula is C10H13N. The van der Waals surface area contributed by atoms with Gasteiger partial charge in [0.05, 0.1) is 0 Å². The molecule has 0 aliphatic heterocycles. The van der Waals surface area contributed by atoms with Crippen molar-refractivity contribution in [2.24, 2.45) is 0 Å². The summed E-state index contributed by atoms with van der Waals surface area (Å²) < 4.78 is 0. The highest BCUT2D eigenvalue weighted by molar-refractivity contribution is 5.91. The maximum atomic E-state index is 7.20. The monoisotopic (exact) mass is 147 g/mol. The molecule has 0 aliphatic rings. The quantitative estimate of drug-likeness (QED) is 0.352. The third-order valence-electron chi connectivity index (χ3n) is 0.988. The van der Waals surface area contributed by atoms with Crippen LogP contribution in [0, 0.1) is 17.3 Å². The molecule has 0 aromatic carbocycles. The van der Waals surface area contributed by atoms with E-state index in [0.717, 1.165) is 5.57 Å². The predicted octanol–water partition coefficient (Wildman–Crippen LogP) is 2.55. The zero-order valence-electron chi connectivity index (χ0n) is 7.23. The Labute approximate surface area is 68.3 Å². The first-order chi connectivity index (χ1) is 5.20. The van der Waals surface area contributed by atoms with Gasteiger partial charge < -0.3 is 5.41 Å². The minimum Gasteiger partial charge on any atom is -0.306 e. The molecule has 0 spiro atoms. The molecule has 0 amide bonds. The first-order valence-corrected chi connectivity index (χ1v) is 3.53. The van der Waals surface area contributed by atoms with E-state index in [2.05, 4.69) is 11.8 Å². The molecule has 1 nitrogen and oxygen atoms in total. The van der Waals surface area contributed by atoms with E-state index >= 15 is 0 Å². The first-order valence-electron chi connectivity index (χ1n) is 3.53. The lowest BCUT2D eigenvalue weighted by atomic mass is 10.2. The molecule has 0 bridgehead atoms. The van der Waals surface area contributed by atoms with Crippen LogP contribution in [0.25, 0.3) is 0 Å². The van der Waals surface area contributed by atoms with Gasteiger partial charge in [0.25, 0.3) is 0 Å². The van der Waals surface area contributed by atoms with Crippen molar-refractivity contribution < 1.29 is 0 Å². The van der Waals surface area contributed by atoms with Crippen LogP contribution in [0.4, 0.5) is 0 Å². The number of nitrogens with one attached hydrogen (secondary N) is 1. The van der Waals surface area contributed by atoms with Crippen molar-refractivity contribution in [1.29, 1.82) is 5.41 Å². The SMILES string of the molecule is CC#CC(/C=C\C)=C/C(C)=N. The summed E-state index contributed by atoms with van der Waals surface area (Å²) in [7, 11) is 0. The number of allylic oxidation sites excluding steroid dienone is 4. The second-order valence-corrected chi connectivity index (χ2v) is 2.16. The van der Waals surface area contributed by atoms with Crippen molar-refractivity contribution in [3.8, 4) is 11.8 Å². The van der Waals surface area contributed by atoms with Gasteiger partial charge in [-0.15, -0.1) is 5.92 Å². The highest BCUT2D eigenvalue weighted by Crippen LogP contribution is 1.94. The summed E-state index contributed by atoms with van der Waals surface area (Å²) in [5, 5.41) is 7.20. The van der Waals surface area contributed by atoms with Gasteiger partial charge in [-0.05, 0) is 26.8 Å². The zero-order valence-corrected chi connectivity index (χ0v) is 7.23. The molecule has 0 aromatic heterocycles. The Hall–Kier alpha value is -1.29. The first kappa shape index (κ1) is 9.71. The molecule has 0 saturated carbocycles. The molecule has 0 radical (unpaired) electrons. The van der Waals surface area contributed by atoms with E-state index < -0.39 is 0 Å². The van der Waals surface area contributed by atoms with E-state index in [1.54, 1.807) is 19.9 Å². The Morgan fingerprint density at radius 1 is 1.45 bits per heavy atom. The molecule has 0 saturated heterocycles. The van der Waals surface area contributed by atoms with Gasteiger partial charge in [0.15, 0.2) is 0 Å². The highest BCUT2D eigenvalue weighted by Gasteiger charge is 1.84. The van der Waals surface area contributed by atoms with Crippen LogP contribution in [0.3, 0.4) is 0 Å².